The molecule has 0 unspecified atom stereocenters. The number of hydrogen-bond acceptors (Lipinski definition) is 3. The molecular formula is C11H20O3. The average molecular weight is 200 g/mol. The summed E-state index contributed by atoms with van der Waals surface area (Å²) >= 11 is 0. The highest BCUT2D eigenvalue weighted by atomic mass is 16.6. The molecule has 0 aliphatic rings. The van der Waals surface area contributed by atoms with Gasteiger partial charge < -0.3 is 9.47 Å². The molecule has 0 saturated carbocycles. The first-order chi connectivity index (χ1) is 6.45. The summed E-state index contributed by atoms with van der Waals surface area (Å²) in [4.78, 5) is 11.2. The van der Waals surface area contributed by atoms with Crippen LogP contribution in [0.5, 0.6) is 0 Å². The van der Waals surface area contributed by atoms with Crippen molar-refractivity contribution in [2.45, 2.75) is 39.7 Å². The van der Waals surface area contributed by atoms with Crippen LogP contribution in [0.2, 0.25) is 0 Å². The predicted octanol–water partition coefficient (Wildman–Crippen LogP) is 2.31. The van der Waals surface area contributed by atoms with Crippen molar-refractivity contribution in [3.05, 3.63) is 12.2 Å². The first kappa shape index (κ1) is 13.2. The Morgan fingerprint density at radius 3 is 2.50 bits per heavy atom. The highest BCUT2D eigenvalue weighted by molar-refractivity contribution is 5.69. The van der Waals surface area contributed by atoms with Crippen molar-refractivity contribution in [1.29, 1.82) is 0 Å². The maximum Gasteiger partial charge on any atom is 0.308 e. The van der Waals surface area contributed by atoms with Gasteiger partial charge in [0.25, 0.3) is 0 Å². The number of allylic oxidation sites excluding steroid dienone is 1. The molecule has 0 rings (SSSR count). The molecule has 0 N–H and O–H groups in total. The van der Waals surface area contributed by atoms with E-state index in [-0.39, 0.29) is 5.97 Å². The Morgan fingerprint density at radius 1 is 1.36 bits per heavy atom. The van der Waals surface area contributed by atoms with Crippen LogP contribution in [0.4, 0.5) is 0 Å². The van der Waals surface area contributed by atoms with Gasteiger partial charge >= 0.3 is 5.97 Å². The van der Waals surface area contributed by atoms with Crippen LogP contribution in [-0.2, 0) is 14.3 Å². The van der Waals surface area contributed by atoms with E-state index in [4.69, 9.17) is 9.47 Å². The van der Waals surface area contributed by atoms with Gasteiger partial charge in [0.2, 0.25) is 0 Å². The second-order valence-electron chi connectivity index (χ2n) is 3.98. The van der Waals surface area contributed by atoms with Gasteiger partial charge in [-0.2, -0.15) is 0 Å². The lowest BCUT2D eigenvalue weighted by Gasteiger charge is -2.19. The summed E-state index contributed by atoms with van der Waals surface area (Å²) in [6.07, 6.45) is 4.12. The Morgan fingerprint density at radius 2 is 2.00 bits per heavy atom. The van der Waals surface area contributed by atoms with Gasteiger partial charge in [0, 0.05) is 0 Å². The van der Waals surface area contributed by atoms with Gasteiger partial charge in [-0.1, -0.05) is 12.2 Å². The second kappa shape index (κ2) is 6.60. The predicted molar refractivity (Wildman–Crippen MR) is 56.1 cm³/mol. The zero-order valence-corrected chi connectivity index (χ0v) is 9.50. The van der Waals surface area contributed by atoms with E-state index >= 15 is 0 Å². The lowest BCUT2D eigenvalue weighted by Crippen LogP contribution is -2.24. The fourth-order valence-electron chi connectivity index (χ4n) is 0.796. The van der Waals surface area contributed by atoms with Crippen LogP contribution >= 0.6 is 0 Å². The fraction of sp³-hybridized carbons (Fsp3) is 0.727. The highest BCUT2D eigenvalue weighted by Crippen LogP contribution is 2.07. The molecule has 0 saturated heterocycles. The quantitative estimate of drug-likeness (QED) is 0.388. The maximum atomic E-state index is 11.2. The van der Waals surface area contributed by atoms with Crippen LogP contribution in [-0.4, -0.2) is 24.8 Å². The highest BCUT2D eigenvalue weighted by Gasteiger charge is 2.15. The van der Waals surface area contributed by atoms with Crippen LogP contribution < -0.4 is 0 Å². The van der Waals surface area contributed by atoms with Crippen LogP contribution in [0.1, 0.15) is 34.1 Å². The molecule has 0 aromatic carbocycles. The number of carbonyl (C=O) groups excluding carboxylic acids is 1. The molecule has 14 heavy (non-hydrogen) atoms. The minimum absolute atomic E-state index is 0.210. The summed E-state index contributed by atoms with van der Waals surface area (Å²) in [5.74, 6) is -0.210. The molecule has 0 aromatic heterocycles. The van der Waals surface area contributed by atoms with Gasteiger partial charge in [0.15, 0.2) is 0 Å². The lowest BCUT2D eigenvalue weighted by molar-refractivity contribution is -0.155. The molecule has 0 aromatic rings. The Labute approximate surface area is 86.1 Å². The van der Waals surface area contributed by atoms with E-state index in [1.807, 2.05) is 39.8 Å². The molecule has 3 heteroatoms. The monoisotopic (exact) mass is 200 g/mol. The van der Waals surface area contributed by atoms with Crippen LogP contribution in [0.3, 0.4) is 0 Å². The zero-order chi connectivity index (χ0) is 11.0. The van der Waals surface area contributed by atoms with Crippen LogP contribution in [0.25, 0.3) is 0 Å². The molecule has 0 atom stereocenters. The molecule has 0 amide bonds. The maximum absolute atomic E-state index is 11.2. The summed E-state index contributed by atoms with van der Waals surface area (Å²) in [5, 5.41) is 0. The van der Waals surface area contributed by atoms with Gasteiger partial charge in [-0.25, -0.2) is 0 Å². The Balaban J connectivity index is 3.45. The van der Waals surface area contributed by atoms with E-state index < -0.39 is 5.60 Å². The molecule has 0 bridgehead atoms. The van der Waals surface area contributed by atoms with Crippen molar-refractivity contribution in [1.82, 2.24) is 0 Å². The van der Waals surface area contributed by atoms with E-state index in [1.54, 1.807) is 0 Å². The number of ether oxygens (including phenoxy) is 2. The van der Waals surface area contributed by atoms with Gasteiger partial charge in [0.1, 0.15) is 5.60 Å². The van der Waals surface area contributed by atoms with E-state index in [2.05, 4.69) is 0 Å². The molecule has 0 aliphatic heterocycles. The zero-order valence-electron chi connectivity index (χ0n) is 9.50. The normalized spacial score (nSPS) is 12.0. The van der Waals surface area contributed by atoms with E-state index in [0.717, 1.165) is 0 Å². The second-order valence-corrected chi connectivity index (χ2v) is 3.98. The summed E-state index contributed by atoms with van der Waals surface area (Å²) in [7, 11) is 0. The van der Waals surface area contributed by atoms with Crippen molar-refractivity contribution >= 4 is 5.97 Å². The van der Waals surface area contributed by atoms with E-state index in [0.29, 0.717) is 19.6 Å². The molecule has 3 nitrogen and oxygen atoms in total. The molecule has 82 valence electrons. The Hall–Kier alpha value is -0.830. The molecule has 0 radical (unpaired) electrons. The summed E-state index contributed by atoms with van der Waals surface area (Å²) in [5.41, 5.74) is -0.402. The van der Waals surface area contributed by atoms with Crippen molar-refractivity contribution < 1.29 is 14.3 Å². The molecule has 0 aliphatic carbocycles. The number of rotatable bonds is 5. The average Bonchev–Trinajstić information content (AvgIpc) is 2.00. The van der Waals surface area contributed by atoms with Crippen LogP contribution in [0, 0.1) is 0 Å². The smallest absolute Gasteiger partial charge is 0.308 e. The number of hydrogen-bond donors (Lipinski definition) is 0. The largest absolute Gasteiger partial charge is 0.460 e. The first-order valence-corrected chi connectivity index (χ1v) is 4.86. The minimum Gasteiger partial charge on any atom is -0.460 e. The van der Waals surface area contributed by atoms with Gasteiger partial charge in [-0.15, -0.1) is 0 Å². The summed E-state index contributed by atoms with van der Waals surface area (Å²) in [6, 6.07) is 0. The van der Waals surface area contributed by atoms with E-state index in [9.17, 15) is 4.79 Å². The molecular weight excluding hydrogens is 180 g/mol. The minimum atomic E-state index is -0.402. The standard InChI is InChI=1S/C11H20O3/c1-5-6-8-13-9-7-10(12)14-11(2,3)4/h5-6H,7-9H2,1-4H3/b6-5-. The Bertz CT molecular complexity index is 189. The third-order valence-corrected chi connectivity index (χ3v) is 1.32. The third kappa shape index (κ3) is 9.26. The van der Waals surface area contributed by atoms with E-state index in [1.165, 1.54) is 0 Å². The first-order valence-electron chi connectivity index (χ1n) is 4.86. The van der Waals surface area contributed by atoms with Crippen molar-refractivity contribution in [2.24, 2.45) is 0 Å². The molecule has 0 fully saturated rings. The number of esters is 1. The summed E-state index contributed by atoms with van der Waals surface area (Å²) < 4.78 is 10.3. The molecule has 0 heterocycles. The fourth-order valence-corrected chi connectivity index (χ4v) is 0.796. The topological polar surface area (TPSA) is 35.5 Å². The molecule has 0 spiro atoms. The third-order valence-electron chi connectivity index (χ3n) is 1.32. The van der Waals surface area contributed by atoms with Crippen molar-refractivity contribution in [3.63, 3.8) is 0 Å². The van der Waals surface area contributed by atoms with Gasteiger partial charge in [-0.3, -0.25) is 4.79 Å². The van der Waals surface area contributed by atoms with Crippen molar-refractivity contribution in [3.8, 4) is 0 Å². The van der Waals surface area contributed by atoms with Gasteiger partial charge in [-0.05, 0) is 27.7 Å². The van der Waals surface area contributed by atoms with Crippen molar-refractivity contribution in [2.75, 3.05) is 13.2 Å². The summed E-state index contributed by atoms with van der Waals surface area (Å²) in [6.45, 7) is 8.46. The van der Waals surface area contributed by atoms with Crippen LogP contribution in [0.15, 0.2) is 12.2 Å². The lowest BCUT2D eigenvalue weighted by atomic mass is 10.2. The Kier molecular flexibility index (Phi) is 6.21. The number of carbonyl (C=O) groups is 1. The van der Waals surface area contributed by atoms with Gasteiger partial charge in [0.05, 0.1) is 19.6 Å². The SMILES string of the molecule is C/C=C\COCCC(=O)OC(C)(C)C.